The predicted molar refractivity (Wildman–Crippen MR) is 52.2 cm³/mol. The average molecular weight is 238 g/mol. The smallest absolute Gasteiger partial charge is 0.315 e. The van der Waals surface area contributed by atoms with Gasteiger partial charge in [-0.2, -0.15) is 0 Å². The first kappa shape index (κ1) is 14.8. The van der Waals surface area contributed by atoms with Crippen LogP contribution in [0.5, 0.6) is 0 Å². The molecule has 0 aliphatic heterocycles. The minimum absolute atomic E-state index is 0.821. The van der Waals surface area contributed by atoms with Crippen LogP contribution in [0, 0.1) is 5.41 Å². The van der Waals surface area contributed by atoms with Crippen LogP contribution in [0.4, 0.5) is 8.78 Å². The van der Waals surface area contributed by atoms with Gasteiger partial charge in [-0.15, -0.1) is 0 Å². The summed E-state index contributed by atoms with van der Waals surface area (Å²) in [6, 6.07) is 0. The van der Waals surface area contributed by atoms with Crippen LogP contribution < -0.4 is 0 Å². The average Bonchev–Trinajstić information content (AvgIpc) is 1.98. The van der Waals surface area contributed by atoms with E-state index in [9.17, 15) is 18.4 Å². The molecule has 0 bridgehead atoms. The van der Waals surface area contributed by atoms with Gasteiger partial charge in [-0.1, -0.05) is 0 Å². The van der Waals surface area contributed by atoms with Crippen molar-refractivity contribution < 1.29 is 28.2 Å². The molecule has 0 aromatic heterocycles. The molecule has 0 aliphatic rings. The van der Waals surface area contributed by atoms with Crippen molar-refractivity contribution in [2.24, 2.45) is 5.41 Å². The van der Waals surface area contributed by atoms with Gasteiger partial charge in [-0.05, 0) is 27.7 Å². The molecule has 94 valence electrons. The van der Waals surface area contributed by atoms with Crippen molar-refractivity contribution in [2.45, 2.75) is 46.1 Å². The SMILES string of the molecule is CC(C)(C)OC(=O)CC(C)(C(=O)O)C(F)F. The lowest BCUT2D eigenvalue weighted by Crippen LogP contribution is -2.39. The molecular weight excluding hydrogens is 222 g/mol. The summed E-state index contributed by atoms with van der Waals surface area (Å²) in [5.41, 5.74) is -3.22. The van der Waals surface area contributed by atoms with Crippen molar-refractivity contribution in [2.75, 3.05) is 0 Å². The standard InChI is InChI=1S/C10H16F2O4/c1-9(2,3)16-6(13)5-10(4,7(11)12)8(14)15/h7H,5H2,1-4H3,(H,14,15). The van der Waals surface area contributed by atoms with Crippen LogP contribution >= 0.6 is 0 Å². The van der Waals surface area contributed by atoms with Gasteiger partial charge in [0.1, 0.15) is 11.0 Å². The molecule has 6 heteroatoms. The van der Waals surface area contributed by atoms with E-state index in [4.69, 9.17) is 9.84 Å². The highest BCUT2D eigenvalue weighted by molar-refractivity contribution is 5.82. The van der Waals surface area contributed by atoms with Crippen molar-refractivity contribution in [3.8, 4) is 0 Å². The first-order chi connectivity index (χ1) is 6.99. The largest absolute Gasteiger partial charge is 0.481 e. The van der Waals surface area contributed by atoms with Crippen LogP contribution in [0.2, 0.25) is 0 Å². The number of ether oxygens (including phenoxy) is 1. The summed E-state index contributed by atoms with van der Waals surface area (Å²) in [6.45, 7) is 5.55. The van der Waals surface area contributed by atoms with Crippen LogP contribution in [0.1, 0.15) is 34.1 Å². The Morgan fingerprint density at radius 1 is 1.25 bits per heavy atom. The van der Waals surface area contributed by atoms with Crippen LogP contribution in [-0.4, -0.2) is 29.1 Å². The number of halogens is 2. The van der Waals surface area contributed by atoms with Gasteiger partial charge in [0.05, 0.1) is 6.42 Å². The summed E-state index contributed by atoms with van der Waals surface area (Å²) < 4.78 is 29.9. The van der Waals surface area contributed by atoms with E-state index in [1.54, 1.807) is 20.8 Å². The quantitative estimate of drug-likeness (QED) is 0.761. The van der Waals surface area contributed by atoms with Gasteiger partial charge in [0.15, 0.2) is 0 Å². The Morgan fingerprint density at radius 3 is 1.94 bits per heavy atom. The molecule has 1 unspecified atom stereocenters. The minimum Gasteiger partial charge on any atom is -0.481 e. The Hall–Kier alpha value is -1.20. The van der Waals surface area contributed by atoms with E-state index in [1.807, 2.05) is 0 Å². The molecule has 4 nitrogen and oxygen atoms in total. The zero-order valence-electron chi connectivity index (χ0n) is 9.71. The van der Waals surface area contributed by atoms with Gasteiger partial charge in [0.2, 0.25) is 0 Å². The summed E-state index contributed by atoms with van der Waals surface area (Å²) in [4.78, 5) is 21.9. The number of aliphatic carboxylic acids is 1. The molecule has 0 fully saturated rings. The fourth-order valence-corrected chi connectivity index (χ4v) is 0.924. The zero-order valence-corrected chi connectivity index (χ0v) is 9.71. The molecule has 0 saturated carbocycles. The molecular formula is C10H16F2O4. The third-order valence-corrected chi connectivity index (χ3v) is 1.90. The summed E-state index contributed by atoms with van der Waals surface area (Å²) >= 11 is 0. The maximum absolute atomic E-state index is 12.5. The Balaban J connectivity index is 4.68. The molecule has 0 heterocycles. The number of carboxylic acid groups (broad SMARTS) is 1. The number of rotatable bonds is 4. The fraction of sp³-hybridized carbons (Fsp3) is 0.800. The fourth-order valence-electron chi connectivity index (χ4n) is 0.924. The van der Waals surface area contributed by atoms with E-state index in [0.717, 1.165) is 6.92 Å². The van der Waals surface area contributed by atoms with E-state index in [-0.39, 0.29) is 0 Å². The van der Waals surface area contributed by atoms with Gasteiger partial charge in [-0.3, -0.25) is 9.59 Å². The van der Waals surface area contributed by atoms with Gasteiger partial charge in [-0.25, -0.2) is 8.78 Å². The van der Waals surface area contributed by atoms with Crippen LogP contribution in [0.15, 0.2) is 0 Å². The Kier molecular flexibility index (Phi) is 4.40. The van der Waals surface area contributed by atoms with Crippen molar-refractivity contribution in [1.82, 2.24) is 0 Å². The second-order valence-corrected chi connectivity index (χ2v) is 4.79. The first-order valence-corrected chi connectivity index (χ1v) is 4.72. The van der Waals surface area contributed by atoms with Gasteiger partial charge in [0.25, 0.3) is 6.43 Å². The Morgan fingerprint density at radius 2 is 1.69 bits per heavy atom. The van der Waals surface area contributed by atoms with Crippen molar-refractivity contribution in [3.05, 3.63) is 0 Å². The molecule has 0 aliphatic carbocycles. The lowest BCUT2D eigenvalue weighted by molar-refractivity contribution is -0.171. The third kappa shape index (κ3) is 4.12. The summed E-state index contributed by atoms with van der Waals surface area (Å²) in [5.74, 6) is -2.66. The molecule has 0 aromatic rings. The van der Waals surface area contributed by atoms with Crippen molar-refractivity contribution in [3.63, 3.8) is 0 Å². The highest BCUT2D eigenvalue weighted by Gasteiger charge is 2.45. The highest BCUT2D eigenvalue weighted by Crippen LogP contribution is 2.31. The van der Waals surface area contributed by atoms with Crippen LogP contribution in [0.3, 0.4) is 0 Å². The van der Waals surface area contributed by atoms with Crippen molar-refractivity contribution >= 4 is 11.9 Å². The number of hydrogen-bond donors (Lipinski definition) is 1. The van der Waals surface area contributed by atoms with Crippen molar-refractivity contribution in [1.29, 1.82) is 0 Å². The number of esters is 1. The second kappa shape index (κ2) is 4.76. The monoisotopic (exact) mass is 238 g/mol. The lowest BCUT2D eigenvalue weighted by Gasteiger charge is -2.25. The Bertz CT molecular complexity index is 283. The molecule has 0 saturated heterocycles. The topological polar surface area (TPSA) is 63.6 Å². The van der Waals surface area contributed by atoms with Gasteiger partial charge in [0, 0.05) is 0 Å². The van der Waals surface area contributed by atoms with Gasteiger partial charge < -0.3 is 9.84 Å². The van der Waals surface area contributed by atoms with E-state index < -0.39 is 35.8 Å². The number of alkyl halides is 2. The normalized spacial score (nSPS) is 15.7. The maximum atomic E-state index is 12.5. The molecule has 0 amide bonds. The second-order valence-electron chi connectivity index (χ2n) is 4.79. The molecule has 16 heavy (non-hydrogen) atoms. The summed E-state index contributed by atoms with van der Waals surface area (Å²) in [6.07, 6.45) is -3.98. The molecule has 0 rings (SSSR count). The molecule has 1 N–H and O–H groups in total. The predicted octanol–water partition coefficient (Wildman–Crippen LogP) is 2.07. The summed E-state index contributed by atoms with van der Waals surface area (Å²) in [5, 5.41) is 8.66. The number of carbonyl (C=O) groups is 2. The lowest BCUT2D eigenvalue weighted by atomic mass is 9.87. The maximum Gasteiger partial charge on any atom is 0.315 e. The third-order valence-electron chi connectivity index (χ3n) is 1.90. The number of hydrogen-bond acceptors (Lipinski definition) is 3. The van der Waals surface area contributed by atoms with E-state index in [2.05, 4.69) is 0 Å². The number of carboxylic acids is 1. The highest BCUT2D eigenvalue weighted by atomic mass is 19.3. The van der Waals surface area contributed by atoms with E-state index >= 15 is 0 Å². The summed E-state index contributed by atoms with van der Waals surface area (Å²) in [7, 11) is 0. The minimum atomic E-state index is -3.13. The Labute approximate surface area is 92.6 Å². The molecule has 0 radical (unpaired) electrons. The molecule has 0 spiro atoms. The van der Waals surface area contributed by atoms with E-state index in [1.165, 1.54) is 0 Å². The molecule has 1 atom stereocenters. The van der Waals surface area contributed by atoms with Gasteiger partial charge >= 0.3 is 11.9 Å². The molecule has 0 aromatic carbocycles. The van der Waals surface area contributed by atoms with Crippen LogP contribution in [0.25, 0.3) is 0 Å². The number of carbonyl (C=O) groups excluding carboxylic acids is 1. The van der Waals surface area contributed by atoms with E-state index in [0.29, 0.717) is 0 Å². The zero-order chi connectivity index (χ0) is 13.1. The first-order valence-electron chi connectivity index (χ1n) is 4.72. The van der Waals surface area contributed by atoms with Crippen LogP contribution in [-0.2, 0) is 14.3 Å².